The standard InChI is InChI=1S/C16H16Cl2N2O2S/c1-8-3-4-14(23-8)19-16(22)20(2)15-11-5-9(17)6-12(18)10(11)7-13(15)21/h3-6,13,15,21H,7H2,1-2H3,(H,19,22). The molecule has 0 saturated heterocycles. The Balaban J connectivity index is 1.85. The molecule has 0 saturated carbocycles. The van der Waals surface area contributed by atoms with Gasteiger partial charge in [0.2, 0.25) is 0 Å². The van der Waals surface area contributed by atoms with E-state index >= 15 is 0 Å². The minimum Gasteiger partial charge on any atom is -0.390 e. The summed E-state index contributed by atoms with van der Waals surface area (Å²) in [6.07, 6.45) is -0.298. The van der Waals surface area contributed by atoms with Crippen molar-refractivity contribution in [1.82, 2.24) is 4.90 Å². The van der Waals surface area contributed by atoms with Crippen LogP contribution in [0.3, 0.4) is 0 Å². The van der Waals surface area contributed by atoms with Crippen molar-refractivity contribution in [2.75, 3.05) is 12.4 Å². The first kappa shape index (κ1) is 16.6. The van der Waals surface area contributed by atoms with E-state index in [2.05, 4.69) is 5.32 Å². The Labute approximate surface area is 148 Å². The molecule has 1 aliphatic rings. The minimum atomic E-state index is -0.707. The van der Waals surface area contributed by atoms with Gasteiger partial charge in [-0.05, 0) is 42.3 Å². The van der Waals surface area contributed by atoms with Gasteiger partial charge in [0.05, 0.1) is 17.1 Å². The monoisotopic (exact) mass is 370 g/mol. The summed E-state index contributed by atoms with van der Waals surface area (Å²) in [6.45, 7) is 1.98. The zero-order valence-electron chi connectivity index (χ0n) is 12.6. The number of hydrogen-bond donors (Lipinski definition) is 2. The van der Waals surface area contributed by atoms with Gasteiger partial charge in [0.25, 0.3) is 0 Å². The van der Waals surface area contributed by atoms with Crippen molar-refractivity contribution in [3.63, 3.8) is 0 Å². The van der Waals surface area contributed by atoms with E-state index in [1.807, 2.05) is 19.1 Å². The zero-order chi connectivity index (χ0) is 16.7. The number of aliphatic hydroxyl groups is 1. The van der Waals surface area contributed by atoms with E-state index in [9.17, 15) is 9.90 Å². The largest absolute Gasteiger partial charge is 0.390 e. The molecular formula is C16H16Cl2N2O2S. The van der Waals surface area contributed by atoms with Gasteiger partial charge in [-0.1, -0.05) is 23.2 Å². The molecule has 1 aromatic carbocycles. The molecule has 0 bridgehead atoms. The van der Waals surface area contributed by atoms with Crippen LogP contribution < -0.4 is 5.32 Å². The molecule has 2 aromatic rings. The average molecular weight is 371 g/mol. The third-order valence-electron chi connectivity index (χ3n) is 4.00. The molecule has 23 heavy (non-hydrogen) atoms. The highest BCUT2D eigenvalue weighted by atomic mass is 35.5. The second-order valence-corrected chi connectivity index (χ2v) is 7.75. The second-order valence-electron chi connectivity index (χ2n) is 5.62. The van der Waals surface area contributed by atoms with Crippen molar-refractivity contribution in [3.8, 4) is 0 Å². The Morgan fingerprint density at radius 3 is 2.78 bits per heavy atom. The third-order valence-corrected chi connectivity index (χ3v) is 5.47. The number of aryl methyl sites for hydroxylation is 1. The lowest BCUT2D eigenvalue weighted by molar-refractivity contribution is 0.0934. The number of likely N-dealkylation sites (N-methyl/N-ethyl adjacent to an activating group) is 1. The van der Waals surface area contributed by atoms with Crippen molar-refractivity contribution in [2.45, 2.75) is 25.5 Å². The maximum absolute atomic E-state index is 12.5. The molecule has 2 amide bonds. The molecule has 7 heteroatoms. The summed E-state index contributed by atoms with van der Waals surface area (Å²) in [4.78, 5) is 15.1. The number of urea groups is 1. The molecule has 2 N–H and O–H groups in total. The van der Waals surface area contributed by atoms with E-state index < -0.39 is 12.1 Å². The summed E-state index contributed by atoms with van der Waals surface area (Å²) in [7, 11) is 1.66. The van der Waals surface area contributed by atoms with Gasteiger partial charge in [-0.3, -0.25) is 5.32 Å². The molecular weight excluding hydrogens is 355 g/mol. The van der Waals surface area contributed by atoms with E-state index in [1.54, 1.807) is 19.2 Å². The van der Waals surface area contributed by atoms with Gasteiger partial charge >= 0.3 is 6.03 Å². The van der Waals surface area contributed by atoms with Crippen LogP contribution in [0, 0.1) is 6.92 Å². The summed E-state index contributed by atoms with van der Waals surface area (Å²) >= 11 is 13.8. The third kappa shape index (κ3) is 3.19. The average Bonchev–Trinajstić information content (AvgIpc) is 3.01. The van der Waals surface area contributed by atoms with Gasteiger partial charge in [-0.2, -0.15) is 0 Å². The van der Waals surface area contributed by atoms with Gasteiger partial charge in [-0.15, -0.1) is 11.3 Å². The number of anilines is 1. The molecule has 4 nitrogen and oxygen atoms in total. The maximum atomic E-state index is 12.5. The summed E-state index contributed by atoms with van der Waals surface area (Å²) in [6, 6.07) is 6.48. The quantitative estimate of drug-likeness (QED) is 0.818. The number of carbonyl (C=O) groups is 1. The first-order valence-corrected chi connectivity index (χ1v) is 8.70. The predicted molar refractivity (Wildman–Crippen MR) is 94.8 cm³/mol. The van der Waals surface area contributed by atoms with E-state index in [1.165, 1.54) is 16.2 Å². The van der Waals surface area contributed by atoms with Crippen LogP contribution in [0.5, 0.6) is 0 Å². The van der Waals surface area contributed by atoms with E-state index in [4.69, 9.17) is 23.2 Å². The molecule has 122 valence electrons. The smallest absolute Gasteiger partial charge is 0.322 e. The number of carbonyl (C=O) groups excluding carboxylic acids is 1. The molecule has 0 spiro atoms. The van der Waals surface area contributed by atoms with Crippen LogP contribution in [-0.4, -0.2) is 29.2 Å². The van der Waals surface area contributed by atoms with Crippen LogP contribution >= 0.6 is 34.5 Å². The SMILES string of the molecule is Cc1ccc(NC(=O)N(C)C2c3cc(Cl)cc(Cl)c3CC2O)s1. The number of rotatable bonds is 2. The minimum absolute atomic E-state index is 0.278. The molecule has 2 unspecified atom stereocenters. The van der Waals surface area contributed by atoms with Crippen LogP contribution in [0.4, 0.5) is 9.80 Å². The fourth-order valence-electron chi connectivity index (χ4n) is 2.92. The molecule has 1 aliphatic carbocycles. The van der Waals surface area contributed by atoms with Crippen LogP contribution in [-0.2, 0) is 6.42 Å². The number of nitrogens with one attached hydrogen (secondary N) is 1. The Hall–Kier alpha value is -1.27. The molecule has 0 radical (unpaired) electrons. The number of amides is 2. The number of benzene rings is 1. The van der Waals surface area contributed by atoms with Gasteiger partial charge in [0.1, 0.15) is 0 Å². The van der Waals surface area contributed by atoms with Gasteiger partial charge in [0.15, 0.2) is 0 Å². The first-order valence-electron chi connectivity index (χ1n) is 7.13. The fraction of sp³-hybridized carbons (Fsp3) is 0.312. The number of nitrogens with zero attached hydrogens (tertiary/aromatic N) is 1. The van der Waals surface area contributed by atoms with Crippen molar-refractivity contribution in [3.05, 3.63) is 50.3 Å². The first-order chi connectivity index (χ1) is 10.9. The topological polar surface area (TPSA) is 52.6 Å². The highest BCUT2D eigenvalue weighted by Gasteiger charge is 2.37. The Bertz CT molecular complexity index is 763. The Morgan fingerprint density at radius 2 is 2.13 bits per heavy atom. The van der Waals surface area contributed by atoms with Gasteiger partial charge < -0.3 is 10.0 Å². The normalized spacial score (nSPS) is 19.5. The summed E-state index contributed by atoms with van der Waals surface area (Å²) in [5.74, 6) is 0. The van der Waals surface area contributed by atoms with Crippen LogP contribution in [0.25, 0.3) is 0 Å². The van der Waals surface area contributed by atoms with Crippen LogP contribution in [0.2, 0.25) is 10.0 Å². The van der Waals surface area contributed by atoms with Gasteiger partial charge in [-0.25, -0.2) is 4.79 Å². The molecule has 0 aliphatic heterocycles. The Kier molecular flexibility index (Phi) is 4.56. The zero-order valence-corrected chi connectivity index (χ0v) is 15.0. The molecule has 0 fully saturated rings. The lowest BCUT2D eigenvalue weighted by Gasteiger charge is -2.28. The van der Waals surface area contributed by atoms with Crippen molar-refractivity contribution in [2.24, 2.45) is 0 Å². The lowest BCUT2D eigenvalue weighted by Crippen LogP contribution is -2.38. The Morgan fingerprint density at radius 1 is 1.39 bits per heavy atom. The molecule has 1 aromatic heterocycles. The van der Waals surface area contributed by atoms with Gasteiger partial charge in [0, 0.05) is 28.4 Å². The number of hydrogen-bond acceptors (Lipinski definition) is 3. The summed E-state index contributed by atoms with van der Waals surface area (Å²) < 4.78 is 0. The molecule has 3 rings (SSSR count). The van der Waals surface area contributed by atoms with Crippen LogP contribution in [0.1, 0.15) is 22.0 Å². The lowest BCUT2D eigenvalue weighted by atomic mass is 10.1. The summed E-state index contributed by atoms with van der Waals surface area (Å²) in [5.41, 5.74) is 1.65. The van der Waals surface area contributed by atoms with Crippen LogP contribution in [0.15, 0.2) is 24.3 Å². The number of fused-ring (bicyclic) bond motifs is 1. The van der Waals surface area contributed by atoms with Crippen molar-refractivity contribution in [1.29, 1.82) is 0 Å². The number of thiophene rings is 1. The number of halogens is 2. The second kappa shape index (κ2) is 6.32. The fourth-order valence-corrected chi connectivity index (χ4v) is 4.26. The molecule has 1 heterocycles. The van der Waals surface area contributed by atoms with E-state index in [-0.39, 0.29) is 6.03 Å². The van der Waals surface area contributed by atoms with E-state index in [0.717, 1.165) is 21.0 Å². The molecule has 2 atom stereocenters. The predicted octanol–water partition coefficient (Wildman–Crippen LogP) is 4.49. The van der Waals surface area contributed by atoms with Crippen molar-refractivity contribution < 1.29 is 9.90 Å². The highest BCUT2D eigenvalue weighted by molar-refractivity contribution is 7.16. The van der Waals surface area contributed by atoms with Crippen molar-refractivity contribution >= 4 is 45.6 Å². The maximum Gasteiger partial charge on any atom is 0.322 e. The highest BCUT2D eigenvalue weighted by Crippen LogP contribution is 2.41. The van der Waals surface area contributed by atoms with E-state index in [0.29, 0.717) is 16.5 Å². The number of aliphatic hydroxyl groups excluding tert-OH is 1. The summed E-state index contributed by atoms with van der Waals surface area (Å²) in [5, 5.41) is 15.0.